The number of carbonyl (C=O) groups excluding carboxylic acids is 4. The van der Waals surface area contributed by atoms with Gasteiger partial charge in [-0.1, -0.05) is 182 Å². The second-order valence-electron chi connectivity index (χ2n) is 25.2. The Bertz CT molecular complexity index is 2310. The maximum Gasteiger partial charge on any atom is 0.305 e. The zero-order chi connectivity index (χ0) is 64.1. The van der Waals surface area contributed by atoms with Gasteiger partial charge in [-0.2, -0.15) is 0 Å². The van der Waals surface area contributed by atoms with Crippen LogP contribution in [0.1, 0.15) is 205 Å². The third-order valence-corrected chi connectivity index (χ3v) is 19.1. The highest BCUT2D eigenvalue weighted by atomic mass is 127. The van der Waals surface area contributed by atoms with Crippen LogP contribution in [0.15, 0.2) is 71.4 Å². The van der Waals surface area contributed by atoms with Crippen LogP contribution in [0.25, 0.3) is 0 Å². The van der Waals surface area contributed by atoms with E-state index in [2.05, 4.69) is 174 Å². The molecule has 0 aliphatic heterocycles. The number of rotatable bonds is 24. The molecule has 490 valence electrons. The molecule has 6 unspecified atom stereocenters. The number of ketones is 1. The monoisotopic (exact) mass is 1540 g/mol. The van der Waals surface area contributed by atoms with Crippen molar-refractivity contribution in [2.45, 2.75) is 217 Å². The van der Waals surface area contributed by atoms with Crippen molar-refractivity contribution in [1.29, 1.82) is 0 Å². The van der Waals surface area contributed by atoms with Crippen molar-refractivity contribution in [2.24, 2.45) is 88.8 Å². The number of halogens is 3. The lowest BCUT2D eigenvalue weighted by atomic mass is 9.86. The Morgan fingerprint density at radius 1 is 0.529 bits per heavy atom. The molecule has 17 atom stereocenters. The predicted molar refractivity (Wildman–Crippen MR) is 388 cm³/mol. The summed E-state index contributed by atoms with van der Waals surface area (Å²) < 4.78 is 15.3. The third-order valence-electron chi connectivity index (χ3n) is 19.1. The van der Waals surface area contributed by atoms with Gasteiger partial charge < -0.3 is 24.4 Å². The highest BCUT2D eigenvalue weighted by Gasteiger charge is 2.46. The molecule has 12 heteroatoms. The maximum atomic E-state index is 12.3. The quantitative estimate of drug-likeness (QED) is 0.0141. The highest BCUT2D eigenvalue weighted by molar-refractivity contribution is 14.2. The number of carbonyl (C=O) groups is 4. The molecule has 6 aliphatic carbocycles. The summed E-state index contributed by atoms with van der Waals surface area (Å²) in [5.41, 5.74) is 4.66. The standard InChI is InChI=1S/2C24H36O3.C24H34O3.CH2I2.CH3I.CH4/c3*1-5-6-9-17(2)23(25)13-12-21-18(3)14-20-15-19(16-22(20)21)10-7-8-11-24(26)27-4;2-1-3;1-2;/h2*10,12-13,17-18,20-23,25H,7-9,11,14-16H2,1-4H3;10,12-13,17-18,20-22H,7-9,11,14-16H2,1-4H3;1H2;1H3;1H4/b3*13-12+,19-10+;;;/t17?,18-,20?,21+,22+,23+;17?,18-,20?,21+,22+,23-;17?,18-,20?,21+,22+;;;/m111.../s1. The molecule has 2 N–H and O–H groups in total. The summed E-state index contributed by atoms with van der Waals surface area (Å²) in [6, 6.07) is 0. The number of methoxy groups -OCH3 is 3. The summed E-state index contributed by atoms with van der Waals surface area (Å²) in [6.45, 7) is 18.6. The number of esters is 3. The van der Waals surface area contributed by atoms with E-state index in [9.17, 15) is 29.4 Å². The Kier molecular flexibility index (Phi) is 44.7. The van der Waals surface area contributed by atoms with E-state index in [1.54, 1.807) is 11.1 Å². The van der Waals surface area contributed by atoms with Crippen LogP contribution in [0.5, 0.6) is 0 Å². The van der Waals surface area contributed by atoms with Crippen molar-refractivity contribution in [3.8, 4) is 35.5 Å². The van der Waals surface area contributed by atoms with Crippen LogP contribution in [0.2, 0.25) is 0 Å². The summed E-state index contributed by atoms with van der Waals surface area (Å²) >= 11 is 6.70. The fourth-order valence-electron chi connectivity index (χ4n) is 14.2. The van der Waals surface area contributed by atoms with Gasteiger partial charge in [0.15, 0.2) is 5.78 Å². The first kappa shape index (κ1) is 82.3. The lowest BCUT2D eigenvalue weighted by Gasteiger charge is -2.19. The lowest BCUT2D eigenvalue weighted by Crippen LogP contribution is -2.16. The topological polar surface area (TPSA) is 136 Å². The van der Waals surface area contributed by atoms with Gasteiger partial charge >= 0.3 is 17.9 Å². The van der Waals surface area contributed by atoms with Gasteiger partial charge in [0.25, 0.3) is 0 Å². The van der Waals surface area contributed by atoms with Gasteiger partial charge in [-0.05, 0) is 211 Å². The predicted octanol–water partition coefficient (Wildman–Crippen LogP) is 18.4. The van der Waals surface area contributed by atoms with Gasteiger partial charge in [0, 0.05) is 44.4 Å². The number of hydrogen-bond acceptors (Lipinski definition) is 9. The van der Waals surface area contributed by atoms with Gasteiger partial charge in [-0.25, -0.2) is 0 Å². The molecule has 9 nitrogen and oxygen atoms in total. The molecule has 0 aromatic rings. The molecule has 0 bridgehead atoms. The molecule has 0 aromatic carbocycles. The second kappa shape index (κ2) is 47.2. The fraction of sp³-hybridized carbons (Fsp3) is 0.707. The number of alkyl halides is 3. The normalized spacial score (nSPS) is 28.5. The molecular weight excluding hydrogens is 1430 g/mol. The molecule has 0 spiro atoms. The number of fused-ring (bicyclic) bond motifs is 3. The van der Waals surface area contributed by atoms with Gasteiger partial charge in [-0.3, -0.25) is 19.2 Å². The zero-order valence-electron chi connectivity index (χ0n) is 55.0. The van der Waals surface area contributed by atoms with Crippen molar-refractivity contribution in [2.75, 3.05) is 28.7 Å². The van der Waals surface area contributed by atoms with E-state index in [0.717, 1.165) is 75.5 Å². The zero-order valence-corrected chi connectivity index (χ0v) is 61.4. The highest BCUT2D eigenvalue weighted by Crippen LogP contribution is 2.55. The van der Waals surface area contributed by atoms with Crippen molar-refractivity contribution in [3.63, 3.8) is 0 Å². The van der Waals surface area contributed by atoms with E-state index < -0.39 is 12.2 Å². The number of ether oxygens (including phenoxy) is 3. The summed E-state index contributed by atoms with van der Waals surface area (Å²) in [6.07, 6.45) is 38.9. The number of aliphatic hydroxyl groups excluding tert-OH is 2. The molecule has 87 heavy (non-hydrogen) atoms. The SMILES string of the molecule is C.CC#CCC(C)C(=O)/C=C/[C@H]1[C@H](C)CC2C/C(=C\CCCC(=O)OC)C[C@@H]21.CC#CCC(C)[C@@H](O)/C=C/[C@H]1[C@H](C)CC2C/C(=C\CCCC(=O)OC)C[C@@H]21.CC#CCC(C)[C@H](O)/C=C/[C@H]1[C@H](C)CC2C/C(=C\CCCC(=O)OC)C[C@@H]21.CI.ICI. The Morgan fingerprint density at radius 2 is 0.828 bits per heavy atom. The first-order valence-corrected chi connectivity index (χ1v) is 37.4. The van der Waals surface area contributed by atoms with E-state index in [4.69, 9.17) is 14.2 Å². The fourth-order valence-corrected chi connectivity index (χ4v) is 14.2. The molecule has 0 aromatic heterocycles. The molecule has 6 rings (SSSR count). The van der Waals surface area contributed by atoms with Crippen molar-refractivity contribution < 1.29 is 43.6 Å². The molecule has 0 radical (unpaired) electrons. The Labute approximate surface area is 571 Å². The van der Waals surface area contributed by atoms with E-state index in [1.807, 2.05) is 50.9 Å². The van der Waals surface area contributed by atoms with Crippen molar-refractivity contribution in [3.05, 3.63) is 71.4 Å². The Morgan fingerprint density at radius 3 is 1.13 bits per heavy atom. The van der Waals surface area contributed by atoms with E-state index >= 15 is 0 Å². The summed E-state index contributed by atoms with van der Waals surface area (Å²) in [4.78, 5) is 47.9. The molecule has 0 amide bonds. The largest absolute Gasteiger partial charge is 0.469 e. The van der Waals surface area contributed by atoms with Crippen LogP contribution in [0.4, 0.5) is 0 Å². The first-order valence-electron chi connectivity index (χ1n) is 32.2. The average Bonchev–Trinajstić information content (AvgIpc) is 1.91. The van der Waals surface area contributed by atoms with E-state index in [-0.39, 0.29) is 48.9 Å². The Balaban J connectivity index is 0.000000624. The van der Waals surface area contributed by atoms with E-state index in [0.29, 0.717) is 78.9 Å². The summed E-state index contributed by atoms with van der Waals surface area (Å²) in [5, 5.41) is 20.8. The van der Waals surface area contributed by atoms with Crippen LogP contribution in [-0.2, 0) is 33.4 Å². The van der Waals surface area contributed by atoms with Gasteiger partial charge in [-0.15, -0.1) is 35.5 Å². The second-order valence-corrected chi connectivity index (χ2v) is 29.7. The van der Waals surface area contributed by atoms with Gasteiger partial charge in [0.05, 0.1) is 36.0 Å². The van der Waals surface area contributed by atoms with Crippen molar-refractivity contribution in [1.82, 2.24) is 0 Å². The summed E-state index contributed by atoms with van der Waals surface area (Å²) in [5.74, 6) is 26.0. The smallest absolute Gasteiger partial charge is 0.305 e. The van der Waals surface area contributed by atoms with Gasteiger partial charge in [0.2, 0.25) is 0 Å². The molecule has 6 aliphatic rings. The van der Waals surface area contributed by atoms with Crippen LogP contribution < -0.4 is 0 Å². The molecule has 0 heterocycles. The van der Waals surface area contributed by atoms with Crippen molar-refractivity contribution >= 4 is 91.5 Å². The van der Waals surface area contributed by atoms with Crippen LogP contribution in [0, 0.1) is 124 Å². The van der Waals surface area contributed by atoms with Crippen LogP contribution >= 0.6 is 67.8 Å². The number of aliphatic hydroxyl groups is 2. The first-order chi connectivity index (χ1) is 41.3. The minimum Gasteiger partial charge on any atom is -0.469 e. The number of unbranched alkanes of at least 4 members (excludes halogenated alkanes) is 3. The molecule has 0 saturated heterocycles. The number of hydrogen-bond donors (Lipinski definition) is 2. The molecule has 6 fully saturated rings. The minimum absolute atomic E-state index is 0. The van der Waals surface area contributed by atoms with Gasteiger partial charge in [0.1, 0.15) is 0 Å². The molecular formula is C75H115I3O9. The average molecular weight is 1540 g/mol. The Hall–Kier alpha value is -2.69. The lowest BCUT2D eigenvalue weighted by molar-refractivity contribution is -0.141. The third kappa shape index (κ3) is 30.1. The minimum atomic E-state index is -0.410. The molecule has 6 saturated carbocycles. The maximum absolute atomic E-state index is 12.3. The van der Waals surface area contributed by atoms with Crippen LogP contribution in [0.3, 0.4) is 0 Å². The van der Waals surface area contributed by atoms with E-state index in [1.165, 1.54) is 80.7 Å². The number of allylic oxidation sites excluding steroid dienone is 10. The van der Waals surface area contributed by atoms with Crippen LogP contribution in [-0.4, -0.2) is 74.8 Å². The summed E-state index contributed by atoms with van der Waals surface area (Å²) in [7, 11) is 4.34.